The zero-order valence-corrected chi connectivity index (χ0v) is 15.0. The van der Waals surface area contributed by atoms with Crippen LogP contribution >= 0.6 is 0 Å². The lowest BCUT2D eigenvalue weighted by Gasteiger charge is -2.13. The molecule has 3 amide bonds. The van der Waals surface area contributed by atoms with Gasteiger partial charge in [0.2, 0.25) is 5.76 Å². The Hall–Kier alpha value is -3.09. The van der Waals surface area contributed by atoms with E-state index in [2.05, 4.69) is 16.7 Å². The van der Waals surface area contributed by atoms with Gasteiger partial charge in [-0.05, 0) is 44.2 Å². The fraction of sp³-hybridized carbons (Fsp3) is 0.350. The summed E-state index contributed by atoms with van der Waals surface area (Å²) in [5.41, 5.74) is 1.90. The number of carbonyl (C=O) groups excluding carboxylic acids is 3. The Morgan fingerprint density at radius 2 is 2.00 bits per heavy atom. The lowest BCUT2D eigenvalue weighted by atomic mass is 9.97. The van der Waals surface area contributed by atoms with E-state index >= 15 is 0 Å². The third-order valence-electron chi connectivity index (χ3n) is 4.33. The Bertz CT molecular complexity index is 835. The molecule has 1 aromatic carbocycles. The average Bonchev–Trinajstić information content (AvgIpc) is 3.11. The van der Waals surface area contributed by atoms with Gasteiger partial charge in [-0.15, -0.1) is 0 Å². The van der Waals surface area contributed by atoms with Crippen molar-refractivity contribution in [2.24, 2.45) is 0 Å². The topological polar surface area (TPSA) is 97.6 Å². The number of para-hydroxylation sites is 1. The van der Waals surface area contributed by atoms with Crippen LogP contribution in [0.5, 0.6) is 0 Å². The zero-order valence-electron chi connectivity index (χ0n) is 15.0. The highest BCUT2D eigenvalue weighted by Gasteiger charge is 2.16. The number of carbonyl (C=O) groups is 3. The number of furan rings is 1. The van der Waals surface area contributed by atoms with Crippen LogP contribution in [-0.4, -0.2) is 31.1 Å². The van der Waals surface area contributed by atoms with E-state index in [1.54, 1.807) is 24.3 Å². The van der Waals surface area contributed by atoms with E-state index in [1.165, 1.54) is 18.4 Å². The first-order valence-corrected chi connectivity index (χ1v) is 9.03. The molecule has 0 bridgehead atoms. The van der Waals surface area contributed by atoms with Gasteiger partial charge in [0.25, 0.3) is 5.91 Å². The second kappa shape index (κ2) is 9.02. The van der Waals surface area contributed by atoms with Gasteiger partial charge in [0, 0.05) is 11.9 Å². The van der Waals surface area contributed by atoms with Crippen molar-refractivity contribution in [3.63, 3.8) is 0 Å². The minimum atomic E-state index is -0.758. The number of nitrogens with one attached hydrogen (secondary N) is 2. The normalized spacial score (nSPS) is 13.7. The van der Waals surface area contributed by atoms with Gasteiger partial charge < -0.3 is 14.5 Å². The molecular weight excluding hydrogens is 348 g/mol. The summed E-state index contributed by atoms with van der Waals surface area (Å²) in [5, 5.41) is 5.53. The Balaban J connectivity index is 1.37. The summed E-state index contributed by atoms with van der Waals surface area (Å²) >= 11 is 0. The lowest BCUT2D eigenvalue weighted by Crippen LogP contribution is -2.41. The molecule has 1 heterocycles. The van der Waals surface area contributed by atoms with Crippen LogP contribution in [0, 0.1) is 0 Å². The quantitative estimate of drug-likeness (QED) is 0.600. The molecule has 2 N–H and O–H groups in total. The van der Waals surface area contributed by atoms with Crippen molar-refractivity contribution < 1.29 is 23.5 Å². The van der Waals surface area contributed by atoms with E-state index in [1.807, 2.05) is 6.07 Å². The van der Waals surface area contributed by atoms with Crippen LogP contribution in [0.4, 0.5) is 4.79 Å². The molecule has 0 saturated carbocycles. The number of hydrogen-bond acceptors (Lipinski definition) is 5. The summed E-state index contributed by atoms with van der Waals surface area (Å²) in [5.74, 6) is -1.45. The minimum Gasteiger partial charge on any atom is -0.450 e. The Morgan fingerprint density at radius 1 is 1.15 bits per heavy atom. The van der Waals surface area contributed by atoms with E-state index in [0.717, 1.165) is 24.6 Å². The molecule has 0 unspecified atom stereocenters. The number of fused-ring (bicyclic) bond motifs is 1. The molecule has 1 aromatic heterocycles. The van der Waals surface area contributed by atoms with Crippen molar-refractivity contribution in [1.82, 2.24) is 10.6 Å². The van der Waals surface area contributed by atoms with Crippen molar-refractivity contribution in [2.75, 3.05) is 13.2 Å². The minimum absolute atomic E-state index is 0.00853. The molecule has 0 spiro atoms. The summed E-state index contributed by atoms with van der Waals surface area (Å²) in [6.45, 7) is -0.0990. The number of urea groups is 1. The molecular formula is C20H22N2O5. The molecule has 0 atom stereocenters. The number of esters is 1. The van der Waals surface area contributed by atoms with E-state index in [0.29, 0.717) is 12.1 Å². The van der Waals surface area contributed by atoms with Crippen molar-refractivity contribution in [3.05, 3.63) is 47.7 Å². The molecule has 27 heavy (non-hydrogen) atoms. The van der Waals surface area contributed by atoms with Gasteiger partial charge in [0.1, 0.15) is 5.58 Å². The Labute approximate surface area is 156 Å². The zero-order chi connectivity index (χ0) is 19.1. The summed E-state index contributed by atoms with van der Waals surface area (Å²) in [6, 6.07) is 8.09. The van der Waals surface area contributed by atoms with Gasteiger partial charge in [-0.3, -0.25) is 10.1 Å². The van der Waals surface area contributed by atoms with Gasteiger partial charge in [-0.1, -0.05) is 29.8 Å². The molecule has 0 aliphatic heterocycles. The van der Waals surface area contributed by atoms with E-state index in [9.17, 15) is 14.4 Å². The second-order valence-electron chi connectivity index (χ2n) is 6.39. The fourth-order valence-electron chi connectivity index (χ4n) is 2.96. The van der Waals surface area contributed by atoms with Gasteiger partial charge in [0.15, 0.2) is 6.61 Å². The number of amides is 3. The van der Waals surface area contributed by atoms with E-state index < -0.39 is 24.5 Å². The van der Waals surface area contributed by atoms with Crippen molar-refractivity contribution in [3.8, 4) is 0 Å². The highest BCUT2D eigenvalue weighted by Crippen LogP contribution is 2.20. The van der Waals surface area contributed by atoms with Crippen molar-refractivity contribution >= 4 is 28.9 Å². The molecule has 7 nitrogen and oxygen atoms in total. The molecule has 0 fully saturated rings. The monoisotopic (exact) mass is 370 g/mol. The van der Waals surface area contributed by atoms with Gasteiger partial charge >= 0.3 is 12.0 Å². The van der Waals surface area contributed by atoms with Gasteiger partial charge in [-0.25, -0.2) is 9.59 Å². The third-order valence-corrected chi connectivity index (χ3v) is 4.33. The third kappa shape index (κ3) is 5.44. The number of benzene rings is 1. The molecule has 1 aliphatic rings. The van der Waals surface area contributed by atoms with Crippen LogP contribution in [0.1, 0.15) is 42.7 Å². The summed E-state index contributed by atoms with van der Waals surface area (Å²) in [7, 11) is 0. The lowest BCUT2D eigenvalue weighted by molar-refractivity contribution is -0.123. The van der Waals surface area contributed by atoms with Crippen LogP contribution in [0.15, 0.2) is 46.4 Å². The van der Waals surface area contributed by atoms with E-state index in [-0.39, 0.29) is 5.76 Å². The largest absolute Gasteiger partial charge is 0.450 e. The molecule has 1 aliphatic carbocycles. The SMILES string of the molecule is O=C(COC(=O)c1cc2ccccc2o1)NC(=O)NCCC1=CCCCC1. The smallest absolute Gasteiger partial charge is 0.374 e. The molecule has 3 rings (SSSR count). The van der Waals surface area contributed by atoms with Crippen LogP contribution in [-0.2, 0) is 9.53 Å². The van der Waals surface area contributed by atoms with E-state index in [4.69, 9.17) is 9.15 Å². The average molecular weight is 370 g/mol. The first-order chi connectivity index (χ1) is 13.1. The molecule has 0 saturated heterocycles. The second-order valence-corrected chi connectivity index (χ2v) is 6.39. The maximum Gasteiger partial charge on any atom is 0.374 e. The molecule has 0 radical (unpaired) electrons. The van der Waals surface area contributed by atoms with Gasteiger partial charge in [-0.2, -0.15) is 0 Å². The number of rotatable bonds is 6. The van der Waals surface area contributed by atoms with Crippen molar-refractivity contribution in [2.45, 2.75) is 32.1 Å². The predicted molar refractivity (Wildman–Crippen MR) is 99.2 cm³/mol. The van der Waals surface area contributed by atoms with Crippen LogP contribution in [0.2, 0.25) is 0 Å². The maximum atomic E-state index is 11.9. The highest BCUT2D eigenvalue weighted by atomic mass is 16.5. The Morgan fingerprint density at radius 3 is 2.78 bits per heavy atom. The standard InChI is InChI=1S/C20H22N2O5/c23-18(22-20(25)21-11-10-14-6-2-1-3-7-14)13-26-19(24)17-12-15-8-4-5-9-16(15)27-17/h4-6,8-9,12H,1-3,7,10-11,13H2,(H2,21,22,23,25). The van der Waals surface area contributed by atoms with Crippen LogP contribution in [0.3, 0.4) is 0 Å². The number of imide groups is 1. The predicted octanol–water partition coefficient (Wildman–Crippen LogP) is 3.31. The van der Waals surface area contributed by atoms with Crippen LogP contribution in [0.25, 0.3) is 11.0 Å². The first kappa shape index (κ1) is 18.7. The number of hydrogen-bond donors (Lipinski definition) is 2. The van der Waals surface area contributed by atoms with Gasteiger partial charge in [0.05, 0.1) is 0 Å². The summed E-state index contributed by atoms with van der Waals surface area (Å²) in [4.78, 5) is 35.4. The molecule has 2 aromatic rings. The highest BCUT2D eigenvalue weighted by molar-refractivity contribution is 5.97. The molecule has 7 heteroatoms. The van der Waals surface area contributed by atoms with Crippen LogP contribution < -0.4 is 10.6 Å². The summed E-state index contributed by atoms with van der Waals surface area (Å²) < 4.78 is 10.2. The number of allylic oxidation sites excluding steroid dienone is 1. The fourth-order valence-corrected chi connectivity index (χ4v) is 2.96. The Kier molecular flexibility index (Phi) is 6.25. The number of ether oxygens (including phenoxy) is 1. The van der Waals surface area contributed by atoms with Crippen molar-refractivity contribution in [1.29, 1.82) is 0 Å². The molecule has 142 valence electrons. The summed E-state index contributed by atoms with van der Waals surface area (Å²) in [6.07, 6.45) is 7.57. The maximum absolute atomic E-state index is 11.9. The first-order valence-electron chi connectivity index (χ1n) is 9.03.